The average molecular weight is 355 g/mol. The number of rotatable bonds is 1. The van der Waals surface area contributed by atoms with Gasteiger partial charge >= 0.3 is 0 Å². The fourth-order valence-electron chi connectivity index (χ4n) is 4.25. The summed E-state index contributed by atoms with van der Waals surface area (Å²) in [7, 11) is 0. The molecule has 0 bridgehead atoms. The number of aliphatic imine (C=N–C) groups is 1. The first-order valence-corrected chi connectivity index (χ1v) is 8.54. The molecule has 3 atom stereocenters. The van der Waals surface area contributed by atoms with Gasteiger partial charge in [-0.15, -0.1) is 0 Å². The van der Waals surface area contributed by atoms with Crippen LogP contribution in [0.15, 0.2) is 41.7 Å². The lowest BCUT2D eigenvalue weighted by molar-refractivity contribution is -0.0755. The molecule has 26 heavy (non-hydrogen) atoms. The van der Waals surface area contributed by atoms with Gasteiger partial charge in [-0.1, -0.05) is 6.07 Å². The lowest BCUT2D eigenvalue weighted by Gasteiger charge is -2.45. The van der Waals surface area contributed by atoms with E-state index in [2.05, 4.69) is 9.98 Å². The fraction of sp³-hybridized carbons (Fsp3) is 0.368. The van der Waals surface area contributed by atoms with Crippen LogP contribution in [0.5, 0.6) is 5.75 Å². The van der Waals surface area contributed by atoms with Gasteiger partial charge in [0.2, 0.25) is 0 Å². The molecule has 2 aromatic rings. The van der Waals surface area contributed by atoms with Gasteiger partial charge in [-0.2, -0.15) is 0 Å². The Hall–Kier alpha value is -2.67. The molecule has 1 spiro atoms. The minimum absolute atomic E-state index is 0.147. The molecule has 1 saturated heterocycles. The normalized spacial score (nSPS) is 31.8. The molecule has 134 valence electrons. The molecule has 7 heteroatoms. The number of ether oxygens (including phenoxy) is 3. The Morgan fingerprint density at radius 3 is 2.88 bits per heavy atom. The predicted octanol–water partition coefficient (Wildman–Crippen LogP) is 2.37. The number of hydrogen-bond acceptors (Lipinski definition) is 6. The number of nitrogens with zero attached hydrogens (tertiary/aromatic N) is 2. The van der Waals surface area contributed by atoms with Gasteiger partial charge < -0.3 is 19.9 Å². The van der Waals surface area contributed by atoms with E-state index in [1.54, 1.807) is 6.20 Å². The summed E-state index contributed by atoms with van der Waals surface area (Å²) in [6, 6.07) is 7.32. The molecular weight excluding hydrogens is 337 g/mol. The second-order valence-corrected chi connectivity index (χ2v) is 7.18. The molecule has 5 rings (SSSR count). The maximum Gasteiger partial charge on any atom is 0.283 e. The zero-order valence-corrected chi connectivity index (χ0v) is 14.2. The highest BCUT2D eigenvalue weighted by Crippen LogP contribution is 2.53. The van der Waals surface area contributed by atoms with Gasteiger partial charge in [-0.25, -0.2) is 9.38 Å². The molecule has 6 nitrogen and oxygen atoms in total. The van der Waals surface area contributed by atoms with E-state index in [-0.39, 0.29) is 17.9 Å². The second kappa shape index (κ2) is 5.17. The van der Waals surface area contributed by atoms with E-state index >= 15 is 0 Å². The van der Waals surface area contributed by atoms with Crippen LogP contribution in [0.3, 0.4) is 0 Å². The monoisotopic (exact) mass is 355 g/mol. The van der Waals surface area contributed by atoms with E-state index in [4.69, 9.17) is 19.9 Å². The SMILES string of the molecule is C[C@@]12CCO[C@@H]1C1(COC(N)=N1)c1cc(-c3cncc(F)c3)ccc1O2. The predicted molar refractivity (Wildman–Crippen MR) is 92.3 cm³/mol. The Balaban J connectivity index is 1.71. The first kappa shape index (κ1) is 15.6. The second-order valence-electron chi connectivity index (χ2n) is 7.18. The fourth-order valence-corrected chi connectivity index (χ4v) is 4.25. The standard InChI is InChI=1S/C19H18FN3O3/c1-18-4-5-24-16(18)19(10-25-17(21)23-19)14-7-11(2-3-15(14)26-18)12-6-13(20)9-22-8-12/h2-3,6-9,16H,4-5,10H2,1H3,(H2,21,23)/t16-,18+,19?/m0/s1. The van der Waals surface area contributed by atoms with Crippen LogP contribution in [0.1, 0.15) is 18.9 Å². The van der Waals surface area contributed by atoms with Gasteiger partial charge in [0.05, 0.1) is 12.8 Å². The Kier molecular flexibility index (Phi) is 3.10. The highest BCUT2D eigenvalue weighted by Gasteiger charge is 2.62. The van der Waals surface area contributed by atoms with E-state index < -0.39 is 11.1 Å². The first-order valence-electron chi connectivity index (χ1n) is 8.54. The highest BCUT2D eigenvalue weighted by atomic mass is 19.1. The largest absolute Gasteiger partial charge is 0.484 e. The van der Waals surface area contributed by atoms with Gasteiger partial charge in [0.25, 0.3) is 6.02 Å². The molecule has 0 aliphatic carbocycles. The van der Waals surface area contributed by atoms with Gasteiger partial charge in [0, 0.05) is 23.7 Å². The van der Waals surface area contributed by atoms with E-state index in [9.17, 15) is 4.39 Å². The maximum absolute atomic E-state index is 13.6. The number of halogens is 1. The van der Waals surface area contributed by atoms with Crippen LogP contribution in [-0.4, -0.2) is 35.9 Å². The van der Waals surface area contributed by atoms with Crippen molar-refractivity contribution in [2.45, 2.75) is 30.6 Å². The van der Waals surface area contributed by atoms with Crippen molar-refractivity contribution in [3.63, 3.8) is 0 Å². The summed E-state index contributed by atoms with van der Waals surface area (Å²) in [6.07, 6.45) is 3.27. The van der Waals surface area contributed by atoms with E-state index in [0.717, 1.165) is 23.3 Å². The summed E-state index contributed by atoms with van der Waals surface area (Å²) in [5.41, 5.74) is 6.94. The molecule has 2 N–H and O–H groups in total. The molecule has 4 heterocycles. The maximum atomic E-state index is 13.6. The summed E-state index contributed by atoms with van der Waals surface area (Å²) in [4.78, 5) is 8.57. The molecule has 0 radical (unpaired) electrons. The number of nitrogens with two attached hydrogens (primary N) is 1. The Morgan fingerprint density at radius 1 is 1.23 bits per heavy atom. The van der Waals surface area contributed by atoms with E-state index in [0.29, 0.717) is 18.8 Å². The van der Waals surface area contributed by atoms with Crippen LogP contribution in [-0.2, 0) is 15.0 Å². The summed E-state index contributed by atoms with van der Waals surface area (Å²) in [5.74, 6) is 0.341. The van der Waals surface area contributed by atoms with Crippen molar-refractivity contribution >= 4 is 6.02 Å². The summed E-state index contributed by atoms with van der Waals surface area (Å²) in [5, 5.41) is 0. The summed E-state index contributed by atoms with van der Waals surface area (Å²) >= 11 is 0. The number of pyridine rings is 1. The van der Waals surface area contributed by atoms with Crippen LogP contribution in [0.25, 0.3) is 11.1 Å². The van der Waals surface area contributed by atoms with Gasteiger partial charge in [0.15, 0.2) is 5.54 Å². The molecule has 1 aromatic heterocycles. The Labute approximate surface area is 149 Å². The van der Waals surface area contributed by atoms with Crippen LogP contribution in [0.4, 0.5) is 4.39 Å². The lowest BCUT2D eigenvalue weighted by atomic mass is 9.74. The molecule has 3 aliphatic rings. The van der Waals surface area contributed by atoms with Crippen molar-refractivity contribution in [2.75, 3.05) is 13.2 Å². The van der Waals surface area contributed by atoms with Crippen molar-refractivity contribution in [3.05, 3.63) is 48.0 Å². The topological polar surface area (TPSA) is 79.0 Å². The zero-order valence-electron chi connectivity index (χ0n) is 14.2. The minimum atomic E-state index is -0.764. The van der Waals surface area contributed by atoms with Crippen LogP contribution in [0, 0.1) is 5.82 Å². The number of fused-ring (bicyclic) bond motifs is 4. The quantitative estimate of drug-likeness (QED) is 0.850. The molecule has 0 amide bonds. The third-order valence-corrected chi connectivity index (χ3v) is 5.45. The average Bonchev–Trinajstić information content (AvgIpc) is 3.19. The molecule has 3 aliphatic heterocycles. The van der Waals surface area contributed by atoms with Crippen molar-refractivity contribution < 1.29 is 18.6 Å². The van der Waals surface area contributed by atoms with Crippen LogP contribution in [0.2, 0.25) is 0 Å². The Bertz CT molecular complexity index is 934. The number of benzene rings is 1. The third kappa shape index (κ3) is 2.07. The molecule has 1 unspecified atom stereocenters. The third-order valence-electron chi connectivity index (χ3n) is 5.45. The van der Waals surface area contributed by atoms with Crippen molar-refractivity contribution in [2.24, 2.45) is 10.7 Å². The zero-order chi connectivity index (χ0) is 17.9. The molecule has 1 fully saturated rings. The Morgan fingerprint density at radius 2 is 2.12 bits per heavy atom. The molecular formula is C19H18FN3O3. The van der Waals surface area contributed by atoms with Crippen molar-refractivity contribution in [3.8, 4) is 16.9 Å². The first-order chi connectivity index (χ1) is 12.5. The summed E-state index contributed by atoms with van der Waals surface area (Å²) < 4.78 is 31.5. The highest BCUT2D eigenvalue weighted by molar-refractivity contribution is 5.75. The number of hydrogen-bond donors (Lipinski definition) is 1. The van der Waals surface area contributed by atoms with E-state index in [1.807, 2.05) is 25.1 Å². The van der Waals surface area contributed by atoms with Gasteiger partial charge in [-0.3, -0.25) is 4.98 Å². The molecule has 1 aromatic carbocycles. The minimum Gasteiger partial charge on any atom is -0.484 e. The van der Waals surface area contributed by atoms with Crippen molar-refractivity contribution in [1.29, 1.82) is 0 Å². The smallest absolute Gasteiger partial charge is 0.283 e. The van der Waals surface area contributed by atoms with E-state index in [1.165, 1.54) is 12.3 Å². The summed E-state index contributed by atoms with van der Waals surface area (Å²) in [6.45, 7) is 2.91. The van der Waals surface area contributed by atoms with Crippen LogP contribution >= 0.6 is 0 Å². The number of amidine groups is 1. The van der Waals surface area contributed by atoms with Crippen molar-refractivity contribution in [1.82, 2.24) is 4.98 Å². The van der Waals surface area contributed by atoms with Crippen LogP contribution < -0.4 is 10.5 Å². The molecule has 0 saturated carbocycles. The number of aromatic nitrogens is 1. The van der Waals surface area contributed by atoms with Gasteiger partial charge in [0.1, 0.15) is 29.9 Å². The lowest BCUT2D eigenvalue weighted by Crippen LogP contribution is -2.57. The van der Waals surface area contributed by atoms with Gasteiger partial charge in [-0.05, 0) is 30.7 Å².